The predicted octanol–water partition coefficient (Wildman–Crippen LogP) is 3.15. The highest BCUT2D eigenvalue weighted by Crippen LogP contribution is 2.28. The van der Waals surface area contributed by atoms with Gasteiger partial charge in [-0.2, -0.15) is 0 Å². The molecule has 0 fully saturated rings. The lowest BCUT2D eigenvalue weighted by Gasteiger charge is -2.11. The number of fused-ring (bicyclic) bond motifs is 1. The molecule has 3 aromatic rings. The summed E-state index contributed by atoms with van der Waals surface area (Å²) in [6.45, 7) is 1.39. The zero-order valence-electron chi connectivity index (χ0n) is 11.5. The smallest absolute Gasteiger partial charge is 0.272 e. The summed E-state index contributed by atoms with van der Waals surface area (Å²) in [5.41, 5.74) is 1.67. The molecule has 2 aromatic carbocycles. The van der Waals surface area contributed by atoms with E-state index in [1.165, 1.54) is 6.92 Å². The maximum absolute atomic E-state index is 12.3. The molecule has 3 rings (SSSR count). The van der Waals surface area contributed by atoms with Crippen LogP contribution in [0.2, 0.25) is 0 Å². The van der Waals surface area contributed by atoms with Gasteiger partial charge in [0.2, 0.25) is 5.91 Å². The van der Waals surface area contributed by atoms with Gasteiger partial charge in [0.25, 0.3) is 5.56 Å². The lowest BCUT2D eigenvalue weighted by molar-refractivity contribution is -0.114. The molecule has 0 unspecified atom stereocenters. The first kappa shape index (κ1) is 13.1. The molecule has 21 heavy (non-hydrogen) atoms. The maximum atomic E-state index is 12.3. The Bertz CT molecular complexity index is 867. The fourth-order valence-corrected chi connectivity index (χ4v) is 2.42. The molecule has 0 aliphatic heterocycles. The number of nitrogens with one attached hydrogen (secondary N) is 2. The van der Waals surface area contributed by atoms with Crippen molar-refractivity contribution >= 4 is 22.4 Å². The maximum Gasteiger partial charge on any atom is 0.272 e. The molecule has 0 radical (unpaired) electrons. The van der Waals surface area contributed by atoms with E-state index in [1.54, 1.807) is 0 Å². The van der Waals surface area contributed by atoms with Crippen molar-refractivity contribution in [3.8, 4) is 11.3 Å². The highest BCUT2D eigenvalue weighted by molar-refractivity contribution is 6.05. The second-order valence-corrected chi connectivity index (χ2v) is 4.80. The van der Waals surface area contributed by atoms with Gasteiger partial charge in [-0.25, -0.2) is 0 Å². The molecule has 1 aromatic heterocycles. The van der Waals surface area contributed by atoms with E-state index < -0.39 is 0 Å². The van der Waals surface area contributed by atoms with Gasteiger partial charge in [0.15, 0.2) is 0 Å². The molecule has 0 saturated carbocycles. The third kappa shape index (κ3) is 2.43. The van der Waals surface area contributed by atoms with Gasteiger partial charge in [-0.15, -0.1) is 0 Å². The predicted molar refractivity (Wildman–Crippen MR) is 84.3 cm³/mol. The number of anilines is 1. The van der Waals surface area contributed by atoms with Crippen LogP contribution >= 0.6 is 0 Å². The Balaban J connectivity index is 2.34. The number of pyridine rings is 1. The van der Waals surface area contributed by atoms with Crippen LogP contribution in [0.3, 0.4) is 0 Å². The van der Waals surface area contributed by atoms with E-state index in [1.807, 2.05) is 54.6 Å². The van der Waals surface area contributed by atoms with Crippen molar-refractivity contribution in [1.29, 1.82) is 0 Å². The van der Waals surface area contributed by atoms with Crippen LogP contribution in [-0.4, -0.2) is 10.9 Å². The van der Waals surface area contributed by atoms with E-state index in [9.17, 15) is 9.59 Å². The summed E-state index contributed by atoms with van der Waals surface area (Å²) in [6, 6.07) is 17.2. The minimum absolute atomic E-state index is 0.266. The van der Waals surface area contributed by atoms with Crippen molar-refractivity contribution in [1.82, 2.24) is 4.98 Å². The van der Waals surface area contributed by atoms with Gasteiger partial charge in [0.05, 0.1) is 5.69 Å². The van der Waals surface area contributed by atoms with E-state index in [4.69, 9.17) is 0 Å². The number of hydrogen-bond donors (Lipinski definition) is 2. The number of aromatic amines is 1. The molecule has 4 heteroatoms. The molecular weight excluding hydrogens is 264 g/mol. The van der Waals surface area contributed by atoms with Crippen molar-refractivity contribution in [3.63, 3.8) is 0 Å². The number of H-pyrrole nitrogens is 1. The molecule has 4 nitrogen and oxygen atoms in total. The summed E-state index contributed by atoms with van der Waals surface area (Å²) in [4.78, 5) is 26.5. The number of rotatable bonds is 2. The lowest BCUT2D eigenvalue weighted by Crippen LogP contribution is -2.18. The largest absolute Gasteiger partial charge is 0.321 e. The van der Waals surface area contributed by atoms with E-state index in [0.717, 1.165) is 22.0 Å². The first-order valence-electron chi connectivity index (χ1n) is 6.65. The van der Waals surface area contributed by atoms with Crippen molar-refractivity contribution in [3.05, 3.63) is 65.0 Å². The first-order valence-corrected chi connectivity index (χ1v) is 6.65. The van der Waals surface area contributed by atoms with Gasteiger partial charge >= 0.3 is 0 Å². The van der Waals surface area contributed by atoms with Crippen molar-refractivity contribution in [2.24, 2.45) is 0 Å². The average Bonchev–Trinajstić information content (AvgIpc) is 2.50. The van der Waals surface area contributed by atoms with Crippen LogP contribution in [0.1, 0.15) is 6.92 Å². The van der Waals surface area contributed by atoms with E-state index in [2.05, 4.69) is 10.3 Å². The number of carbonyl (C=O) groups excluding carboxylic acids is 1. The molecule has 0 saturated heterocycles. The van der Waals surface area contributed by atoms with Crippen molar-refractivity contribution < 1.29 is 4.79 Å². The minimum atomic E-state index is -0.303. The van der Waals surface area contributed by atoms with Crippen LogP contribution in [0.4, 0.5) is 5.69 Å². The van der Waals surface area contributed by atoms with E-state index >= 15 is 0 Å². The Morgan fingerprint density at radius 1 is 0.952 bits per heavy atom. The number of carbonyl (C=O) groups is 1. The first-order chi connectivity index (χ1) is 10.2. The van der Waals surface area contributed by atoms with Crippen molar-refractivity contribution in [2.75, 3.05) is 5.32 Å². The monoisotopic (exact) mass is 278 g/mol. The van der Waals surface area contributed by atoms with E-state index in [0.29, 0.717) is 0 Å². The summed E-state index contributed by atoms with van der Waals surface area (Å²) < 4.78 is 0. The van der Waals surface area contributed by atoms with Gasteiger partial charge < -0.3 is 10.3 Å². The SMILES string of the molecule is CC(=O)Nc1c(=O)[nH]c(-c2ccccc2)c2ccccc12. The Morgan fingerprint density at radius 3 is 2.24 bits per heavy atom. The second-order valence-electron chi connectivity index (χ2n) is 4.80. The van der Waals surface area contributed by atoms with Crippen LogP contribution in [0, 0.1) is 0 Å². The minimum Gasteiger partial charge on any atom is -0.321 e. The summed E-state index contributed by atoms with van der Waals surface area (Å²) in [5.74, 6) is -0.266. The van der Waals surface area contributed by atoms with Gasteiger partial charge in [0, 0.05) is 17.7 Å². The summed E-state index contributed by atoms with van der Waals surface area (Å²) in [5, 5.41) is 4.24. The van der Waals surface area contributed by atoms with Crippen molar-refractivity contribution in [2.45, 2.75) is 6.92 Å². The van der Waals surface area contributed by atoms with Crippen LogP contribution in [0.5, 0.6) is 0 Å². The number of aromatic nitrogens is 1. The van der Waals surface area contributed by atoms with Crippen LogP contribution < -0.4 is 10.9 Å². The molecule has 0 aliphatic rings. The molecule has 0 bridgehead atoms. The summed E-state index contributed by atoms with van der Waals surface area (Å²) in [6.07, 6.45) is 0. The van der Waals surface area contributed by atoms with Gasteiger partial charge in [-0.3, -0.25) is 9.59 Å². The highest BCUT2D eigenvalue weighted by atomic mass is 16.2. The zero-order chi connectivity index (χ0) is 14.8. The molecular formula is C17H14N2O2. The van der Waals surface area contributed by atoms with Gasteiger partial charge in [-0.05, 0) is 5.56 Å². The fraction of sp³-hybridized carbons (Fsp3) is 0.0588. The fourth-order valence-electron chi connectivity index (χ4n) is 2.42. The zero-order valence-corrected chi connectivity index (χ0v) is 11.5. The third-order valence-electron chi connectivity index (χ3n) is 3.29. The topological polar surface area (TPSA) is 62.0 Å². The molecule has 0 atom stereocenters. The van der Waals surface area contributed by atoms with Gasteiger partial charge in [0.1, 0.15) is 5.69 Å². The van der Waals surface area contributed by atoms with Crippen LogP contribution in [0.15, 0.2) is 59.4 Å². The van der Waals surface area contributed by atoms with E-state index in [-0.39, 0.29) is 17.2 Å². The molecule has 1 amide bonds. The summed E-state index contributed by atoms with van der Waals surface area (Å²) in [7, 11) is 0. The van der Waals surface area contributed by atoms with Gasteiger partial charge in [-0.1, -0.05) is 54.6 Å². The van der Waals surface area contributed by atoms with Crippen LogP contribution in [-0.2, 0) is 4.79 Å². The molecule has 2 N–H and O–H groups in total. The second kappa shape index (κ2) is 5.25. The third-order valence-corrected chi connectivity index (χ3v) is 3.29. The Morgan fingerprint density at radius 2 is 1.57 bits per heavy atom. The number of benzene rings is 2. The van der Waals surface area contributed by atoms with Crippen LogP contribution in [0.25, 0.3) is 22.0 Å². The normalized spacial score (nSPS) is 10.5. The Hall–Kier alpha value is -2.88. The molecule has 104 valence electrons. The lowest BCUT2D eigenvalue weighted by atomic mass is 10.0. The molecule has 1 heterocycles. The number of hydrogen-bond acceptors (Lipinski definition) is 2. The Kier molecular flexibility index (Phi) is 3.28. The highest BCUT2D eigenvalue weighted by Gasteiger charge is 2.12. The quantitative estimate of drug-likeness (QED) is 0.756. The number of amides is 1. The average molecular weight is 278 g/mol. The molecule has 0 aliphatic carbocycles. The summed E-state index contributed by atoms with van der Waals surface area (Å²) >= 11 is 0. The Labute approximate surface area is 121 Å². The molecule has 0 spiro atoms. The standard InChI is InChI=1S/C17H14N2O2/c1-11(20)18-16-14-10-6-5-9-13(14)15(19-17(16)21)12-7-3-2-4-8-12/h2-10H,1H3,(H,18,20)(H,19,21).